The molecule has 6 heteroatoms. The van der Waals surface area contributed by atoms with Crippen molar-refractivity contribution in [1.82, 2.24) is 5.32 Å². The van der Waals surface area contributed by atoms with Crippen LogP contribution in [0.1, 0.15) is 44.4 Å². The van der Waals surface area contributed by atoms with Gasteiger partial charge in [0.1, 0.15) is 0 Å². The van der Waals surface area contributed by atoms with Gasteiger partial charge in [0.05, 0.1) is 19.5 Å². The van der Waals surface area contributed by atoms with E-state index in [1.807, 2.05) is 6.07 Å². The normalized spacial score (nSPS) is 13.0. The van der Waals surface area contributed by atoms with Crippen LogP contribution in [-0.2, 0) is 0 Å². The van der Waals surface area contributed by atoms with Crippen LogP contribution >= 0.6 is 32.3 Å². The highest BCUT2D eigenvalue weighted by Gasteiger charge is 2.31. The van der Waals surface area contributed by atoms with Crippen molar-refractivity contribution in [2.45, 2.75) is 44.4 Å². The van der Waals surface area contributed by atoms with Gasteiger partial charge < -0.3 is 14.8 Å². The molecule has 1 rings (SSSR count). The molecular weight excluding hydrogens is 334 g/mol. The van der Waals surface area contributed by atoms with Crippen molar-refractivity contribution in [3.8, 4) is 11.5 Å². The van der Waals surface area contributed by atoms with Gasteiger partial charge in [0, 0.05) is 5.54 Å². The van der Waals surface area contributed by atoms with E-state index in [9.17, 15) is 0 Å². The molecule has 22 heavy (non-hydrogen) atoms. The number of hydrogen-bond donors (Lipinski definition) is 2. The minimum atomic E-state index is -0.0465. The van der Waals surface area contributed by atoms with E-state index in [2.05, 4.69) is 49.9 Å². The van der Waals surface area contributed by atoms with Crippen LogP contribution in [-0.4, -0.2) is 26.3 Å². The van der Waals surface area contributed by atoms with E-state index in [4.69, 9.17) is 9.47 Å². The maximum Gasteiger partial charge on any atom is 0.161 e. The molecule has 1 atom stereocenters. The van der Waals surface area contributed by atoms with Crippen LogP contribution in [0.15, 0.2) is 18.2 Å². The standard InChI is InChI=1S/C16H27NO2S3/c1-6-7-10-17-16(2,3)15(21-22-20)12-8-9-13(18-4)14(11-12)19-5/h8-9,11,15,17,20H,6-7,10H2,1-5H3. The molecule has 3 nitrogen and oxygen atoms in total. The Labute approximate surface area is 147 Å². The molecule has 0 amide bonds. The molecule has 0 spiro atoms. The number of unbranched alkanes of at least 4 members (excludes halogenated alkanes) is 1. The molecule has 0 heterocycles. The third-order valence-electron chi connectivity index (χ3n) is 3.62. The van der Waals surface area contributed by atoms with Crippen LogP contribution in [0.4, 0.5) is 0 Å². The van der Waals surface area contributed by atoms with Crippen molar-refractivity contribution in [1.29, 1.82) is 0 Å². The van der Waals surface area contributed by atoms with Gasteiger partial charge in [-0.1, -0.05) is 41.9 Å². The fraction of sp³-hybridized carbons (Fsp3) is 0.625. The fourth-order valence-corrected chi connectivity index (χ4v) is 5.09. The largest absolute Gasteiger partial charge is 0.493 e. The summed E-state index contributed by atoms with van der Waals surface area (Å²) in [5.74, 6) is 1.52. The second kappa shape index (κ2) is 9.85. The summed E-state index contributed by atoms with van der Waals surface area (Å²) in [4.78, 5) is 0. The van der Waals surface area contributed by atoms with Gasteiger partial charge in [-0.2, -0.15) is 0 Å². The first kappa shape index (κ1) is 19.9. The second-order valence-corrected chi connectivity index (χ2v) is 8.85. The zero-order valence-electron chi connectivity index (χ0n) is 14.0. The topological polar surface area (TPSA) is 30.5 Å². The SMILES string of the molecule is CCCCNC(C)(C)C(SSS)c1ccc(OC)c(OC)c1. The maximum absolute atomic E-state index is 5.44. The predicted octanol–water partition coefficient (Wildman–Crippen LogP) is 5.14. The lowest BCUT2D eigenvalue weighted by molar-refractivity contribution is 0.351. The number of nitrogens with one attached hydrogen (secondary N) is 1. The van der Waals surface area contributed by atoms with Crippen LogP contribution in [0.3, 0.4) is 0 Å². The summed E-state index contributed by atoms with van der Waals surface area (Å²) in [5.41, 5.74) is 1.16. The molecule has 126 valence electrons. The van der Waals surface area contributed by atoms with Gasteiger partial charge in [0.2, 0.25) is 0 Å². The van der Waals surface area contributed by atoms with Crippen molar-refractivity contribution < 1.29 is 9.47 Å². The smallest absolute Gasteiger partial charge is 0.161 e. The van der Waals surface area contributed by atoms with Gasteiger partial charge in [-0.15, -0.1) is 0 Å². The van der Waals surface area contributed by atoms with Crippen LogP contribution in [0.25, 0.3) is 0 Å². The molecule has 0 aliphatic carbocycles. The molecule has 0 saturated heterocycles. The van der Waals surface area contributed by atoms with Crippen molar-refractivity contribution >= 4 is 32.3 Å². The number of methoxy groups -OCH3 is 2. The Kier molecular flexibility index (Phi) is 8.90. The lowest BCUT2D eigenvalue weighted by atomic mass is 9.93. The number of hydrogen-bond acceptors (Lipinski definition) is 6. The average molecular weight is 362 g/mol. The van der Waals surface area contributed by atoms with E-state index in [1.54, 1.807) is 25.0 Å². The summed E-state index contributed by atoms with van der Waals surface area (Å²) in [6.45, 7) is 7.70. The number of rotatable bonds is 10. The molecule has 1 unspecified atom stereocenters. The summed E-state index contributed by atoms with van der Waals surface area (Å²) in [7, 11) is 6.57. The van der Waals surface area contributed by atoms with Gasteiger partial charge >= 0.3 is 0 Å². The number of ether oxygens (including phenoxy) is 2. The van der Waals surface area contributed by atoms with E-state index >= 15 is 0 Å². The molecule has 1 aromatic carbocycles. The third-order valence-corrected chi connectivity index (χ3v) is 6.37. The molecule has 0 radical (unpaired) electrons. The Balaban J connectivity index is 3.03. The van der Waals surface area contributed by atoms with Crippen LogP contribution in [0, 0.1) is 0 Å². The molecular formula is C16H27NO2S3. The summed E-state index contributed by atoms with van der Waals surface area (Å²) >= 11 is 4.33. The Morgan fingerprint density at radius 1 is 1.23 bits per heavy atom. The van der Waals surface area contributed by atoms with E-state index in [0.29, 0.717) is 0 Å². The summed E-state index contributed by atoms with van der Waals surface area (Å²) in [6, 6.07) is 6.13. The summed E-state index contributed by atoms with van der Waals surface area (Å²) in [5, 5.41) is 3.93. The lowest BCUT2D eigenvalue weighted by Crippen LogP contribution is -2.44. The van der Waals surface area contributed by atoms with Crippen molar-refractivity contribution in [2.75, 3.05) is 20.8 Å². The van der Waals surface area contributed by atoms with Crippen molar-refractivity contribution in [3.05, 3.63) is 23.8 Å². The first-order valence-electron chi connectivity index (χ1n) is 7.44. The van der Waals surface area contributed by atoms with E-state index in [1.165, 1.54) is 28.2 Å². The lowest BCUT2D eigenvalue weighted by Gasteiger charge is -2.35. The van der Waals surface area contributed by atoms with E-state index in [-0.39, 0.29) is 10.8 Å². The van der Waals surface area contributed by atoms with E-state index < -0.39 is 0 Å². The zero-order valence-corrected chi connectivity index (χ0v) is 16.5. The summed E-state index contributed by atoms with van der Waals surface area (Å²) in [6.07, 6.45) is 2.37. The monoisotopic (exact) mass is 361 g/mol. The van der Waals surface area contributed by atoms with Crippen LogP contribution < -0.4 is 14.8 Å². The van der Waals surface area contributed by atoms with Gasteiger partial charge in [-0.3, -0.25) is 0 Å². The van der Waals surface area contributed by atoms with Gasteiger partial charge in [0.25, 0.3) is 0 Å². The molecule has 0 aromatic heterocycles. The molecule has 1 aromatic rings. The molecule has 0 fully saturated rings. The van der Waals surface area contributed by atoms with Gasteiger partial charge in [0.15, 0.2) is 11.5 Å². The van der Waals surface area contributed by atoms with Gasteiger partial charge in [-0.05, 0) is 54.3 Å². The Morgan fingerprint density at radius 2 is 1.91 bits per heavy atom. The predicted molar refractivity (Wildman–Crippen MR) is 103 cm³/mol. The highest BCUT2D eigenvalue weighted by atomic mass is 33.5. The Hall–Kier alpha value is -0.170. The Morgan fingerprint density at radius 3 is 2.45 bits per heavy atom. The van der Waals surface area contributed by atoms with Gasteiger partial charge in [-0.25, -0.2) is 0 Å². The minimum Gasteiger partial charge on any atom is -0.493 e. The third kappa shape index (κ3) is 5.48. The highest BCUT2D eigenvalue weighted by molar-refractivity contribution is 9.05. The fourth-order valence-electron chi connectivity index (χ4n) is 2.33. The Bertz CT molecular complexity index is 455. The second-order valence-electron chi connectivity index (χ2n) is 5.67. The minimum absolute atomic E-state index is 0.0465. The first-order chi connectivity index (χ1) is 10.5. The van der Waals surface area contributed by atoms with Crippen molar-refractivity contribution in [3.63, 3.8) is 0 Å². The molecule has 1 N–H and O–H groups in total. The quantitative estimate of drug-likeness (QED) is 0.342. The highest BCUT2D eigenvalue weighted by Crippen LogP contribution is 2.47. The van der Waals surface area contributed by atoms with E-state index in [0.717, 1.165) is 18.0 Å². The molecule has 0 aliphatic heterocycles. The molecule has 0 bridgehead atoms. The van der Waals surface area contributed by atoms with Crippen LogP contribution in [0.5, 0.6) is 11.5 Å². The van der Waals surface area contributed by atoms with Crippen LogP contribution in [0.2, 0.25) is 0 Å². The first-order valence-corrected chi connectivity index (χ1v) is 10.7. The van der Waals surface area contributed by atoms with Crippen molar-refractivity contribution in [2.24, 2.45) is 0 Å². The molecule has 0 saturated carbocycles. The average Bonchev–Trinajstić information content (AvgIpc) is 2.51. The number of benzene rings is 1. The molecule has 0 aliphatic rings. The zero-order chi connectivity index (χ0) is 16.6. The number of thiol groups is 1. The maximum atomic E-state index is 5.44. The summed E-state index contributed by atoms with van der Waals surface area (Å²) < 4.78 is 10.8.